The molecular formula is C43H48N4O. The molecule has 0 atom stereocenters. The van der Waals surface area contributed by atoms with Gasteiger partial charge in [-0.2, -0.15) is 0 Å². The van der Waals surface area contributed by atoms with Gasteiger partial charge in [-0.15, -0.1) is 0 Å². The molecule has 5 nitrogen and oxygen atoms in total. The van der Waals surface area contributed by atoms with Gasteiger partial charge in [0.05, 0.1) is 0 Å². The minimum Gasteiger partial charge on any atom is -0.338 e. The number of piperidine rings is 1. The summed E-state index contributed by atoms with van der Waals surface area (Å²) in [5.41, 5.74) is 8.74. The predicted octanol–water partition coefficient (Wildman–Crippen LogP) is 8.10. The van der Waals surface area contributed by atoms with Gasteiger partial charge in [0, 0.05) is 45.3 Å². The van der Waals surface area contributed by atoms with Gasteiger partial charge in [0.2, 0.25) is 0 Å². The average Bonchev–Trinajstić information content (AvgIpc) is 3.14. The fraction of sp³-hybridized carbons (Fsp3) is 0.279. The largest absolute Gasteiger partial charge is 0.338 e. The van der Waals surface area contributed by atoms with Gasteiger partial charge < -0.3 is 15.5 Å². The number of nitrogens with zero attached hydrogens (tertiary/aromatic N) is 2. The predicted molar refractivity (Wildman–Crippen MR) is 198 cm³/mol. The molecule has 0 bridgehead atoms. The van der Waals surface area contributed by atoms with Crippen LogP contribution in [0.4, 0.5) is 4.79 Å². The molecule has 1 saturated heterocycles. The van der Waals surface area contributed by atoms with Crippen molar-refractivity contribution in [1.29, 1.82) is 0 Å². The zero-order chi connectivity index (χ0) is 32.8. The Hall–Kier alpha value is -4.71. The maximum absolute atomic E-state index is 13.8. The molecule has 1 aliphatic heterocycles. The third-order valence-corrected chi connectivity index (χ3v) is 9.37. The van der Waals surface area contributed by atoms with E-state index in [1.807, 2.05) is 6.07 Å². The molecule has 1 fully saturated rings. The zero-order valence-corrected chi connectivity index (χ0v) is 27.9. The van der Waals surface area contributed by atoms with Gasteiger partial charge in [-0.3, -0.25) is 4.90 Å². The van der Waals surface area contributed by atoms with Crippen LogP contribution >= 0.6 is 0 Å². The number of nitrogens with one attached hydrogen (secondary N) is 2. The van der Waals surface area contributed by atoms with E-state index >= 15 is 0 Å². The molecule has 2 N–H and O–H groups in total. The van der Waals surface area contributed by atoms with Crippen LogP contribution in [0.3, 0.4) is 0 Å². The van der Waals surface area contributed by atoms with E-state index in [1.165, 1.54) is 33.4 Å². The van der Waals surface area contributed by atoms with Crippen molar-refractivity contribution in [1.82, 2.24) is 20.4 Å². The molecule has 0 saturated carbocycles. The number of hydrogen-bond donors (Lipinski definition) is 2. The first kappa shape index (κ1) is 33.2. The van der Waals surface area contributed by atoms with Crippen LogP contribution in [-0.4, -0.2) is 48.1 Å². The van der Waals surface area contributed by atoms with Crippen LogP contribution in [0.1, 0.15) is 40.7 Å². The third kappa shape index (κ3) is 9.90. The number of likely N-dealkylation sites (tertiary alicyclic amines) is 1. The molecule has 5 aromatic carbocycles. The van der Waals surface area contributed by atoms with Gasteiger partial charge in [0.1, 0.15) is 0 Å². The molecule has 5 aromatic rings. The Bertz CT molecular complexity index is 1670. The molecule has 1 heterocycles. The lowest BCUT2D eigenvalue weighted by atomic mass is 9.99. The SMILES string of the molecule is O=C(NCCc1ccccc1)N(Cc1cccc(-c2ccc(CNCCc3ccccc3)cc2)c1)C1CCN(Cc2ccccc2)CC1. The lowest BCUT2D eigenvalue weighted by Crippen LogP contribution is -2.50. The zero-order valence-electron chi connectivity index (χ0n) is 27.9. The Morgan fingerprint density at radius 3 is 1.83 bits per heavy atom. The van der Waals surface area contributed by atoms with Crippen LogP contribution < -0.4 is 10.6 Å². The highest BCUT2D eigenvalue weighted by Crippen LogP contribution is 2.25. The first-order chi connectivity index (χ1) is 23.7. The summed E-state index contributed by atoms with van der Waals surface area (Å²) in [5, 5.41) is 6.82. The summed E-state index contributed by atoms with van der Waals surface area (Å²) in [6, 6.07) is 49.5. The highest BCUT2D eigenvalue weighted by atomic mass is 16.2. The molecule has 48 heavy (non-hydrogen) atoms. The van der Waals surface area contributed by atoms with Crippen molar-refractivity contribution in [2.45, 2.75) is 51.4 Å². The van der Waals surface area contributed by atoms with Crippen molar-refractivity contribution in [2.75, 3.05) is 26.2 Å². The third-order valence-electron chi connectivity index (χ3n) is 9.37. The first-order valence-corrected chi connectivity index (χ1v) is 17.5. The van der Waals surface area contributed by atoms with Gasteiger partial charge in [-0.05, 0) is 77.2 Å². The number of urea groups is 1. The number of carbonyl (C=O) groups excluding carboxylic acids is 1. The molecule has 246 valence electrons. The molecule has 6 rings (SSSR count). The van der Waals surface area contributed by atoms with Crippen molar-refractivity contribution < 1.29 is 4.79 Å². The minimum absolute atomic E-state index is 0.0296. The van der Waals surface area contributed by atoms with Crippen LogP contribution in [0.25, 0.3) is 11.1 Å². The molecule has 0 spiro atoms. The first-order valence-electron chi connectivity index (χ1n) is 17.5. The lowest BCUT2D eigenvalue weighted by Gasteiger charge is -2.38. The normalized spacial score (nSPS) is 13.7. The van der Waals surface area contributed by atoms with Crippen LogP contribution in [0.15, 0.2) is 140 Å². The summed E-state index contributed by atoms with van der Waals surface area (Å²) in [6.07, 6.45) is 3.80. The molecule has 0 aromatic heterocycles. The molecule has 1 aliphatic rings. The summed E-state index contributed by atoms with van der Waals surface area (Å²) in [7, 11) is 0. The topological polar surface area (TPSA) is 47.6 Å². The fourth-order valence-electron chi connectivity index (χ4n) is 6.63. The average molecular weight is 637 g/mol. The Balaban J connectivity index is 1.07. The van der Waals surface area contributed by atoms with Crippen LogP contribution in [0.5, 0.6) is 0 Å². The second-order valence-corrected chi connectivity index (χ2v) is 12.9. The monoisotopic (exact) mass is 636 g/mol. The van der Waals surface area contributed by atoms with E-state index < -0.39 is 0 Å². The van der Waals surface area contributed by atoms with Gasteiger partial charge in [-0.1, -0.05) is 133 Å². The van der Waals surface area contributed by atoms with Crippen molar-refractivity contribution in [3.05, 3.63) is 167 Å². The van der Waals surface area contributed by atoms with Crippen molar-refractivity contribution in [3.63, 3.8) is 0 Å². The van der Waals surface area contributed by atoms with Gasteiger partial charge in [0.15, 0.2) is 0 Å². The summed E-state index contributed by atoms with van der Waals surface area (Å²) in [5.74, 6) is 0. The van der Waals surface area contributed by atoms with E-state index in [0.717, 1.165) is 64.0 Å². The molecule has 0 unspecified atom stereocenters. The standard InChI is InChI=1S/C43H48N4O/c48-43(45-28-24-36-13-6-2-7-14-36)47(42-25-29-46(30-26-42)33-38-15-8-3-9-16-38)34-39-17-10-18-41(31-39)40-21-19-37(20-22-40)32-44-27-23-35-11-4-1-5-12-35/h1-22,31,42,44H,23-30,32-34H2,(H,45,48). The number of hydrogen-bond acceptors (Lipinski definition) is 3. The van der Waals surface area contributed by atoms with Crippen molar-refractivity contribution in [2.24, 2.45) is 0 Å². The molecule has 0 radical (unpaired) electrons. The van der Waals surface area contributed by atoms with Gasteiger partial charge in [0.25, 0.3) is 0 Å². The van der Waals surface area contributed by atoms with E-state index in [4.69, 9.17) is 0 Å². The maximum atomic E-state index is 13.8. The van der Waals surface area contributed by atoms with Crippen molar-refractivity contribution >= 4 is 6.03 Å². The smallest absolute Gasteiger partial charge is 0.317 e. The quantitative estimate of drug-likeness (QED) is 0.121. The molecule has 5 heteroatoms. The highest BCUT2D eigenvalue weighted by molar-refractivity contribution is 5.75. The highest BCUT2D eigenvalue weighted by Gasteiger charge is 2.28. The molecule has 0 aliphatic carbocycles. The Morgan fingerprint density at radius 2 is 1.19 bits per heavy atom. The van der Waals surface area contributed by atoms with E-state index in [0.29, 0.717) is 13.1 Å². The molecular weight excluding hydrogens is 589 g/mol. The fourth-order valence-corrected chi connectivity index (χ4v) is 6.63. The maximum Gasteiger partial charge on any atom is 0.317 e. The van der Waals surface area contributed by atoms with Crippen LogP contribution in [0.2, 0.25) is 0 Å². The van der Waals surface area contributed by atoms with Crippen LogP contribution in [-0.2, 0) is 32.5 Å². The lowest BCUT2D eigenvalue weighted by molar-refractivity contribution is 0.113. The summed E-state index contributed by atoms with van der Waals surface area (Å²) in [6.45, 7) is 5.96. The number of amides is 2. The van der Waals surface area contributed by atoms with E-state index in [9.17, 15) is 4.79 Å². The number of carbonyl (C=O) groups is 1. The van der Waals surface area contributed by atoms with Crippen molar-refractivity contribution in [3.8, 4) is 11.1 Å². The van der Waals surface area contributed by atoms with E-state index in [-0.39, 0.29) is 12.1 Å². The number of benzene rings is 5. The minimum atomic E-state index is 0.0296. The summed E-state index contributed by atoms with van der Waals surface area (Å²) >= 11 is 0. The second kappa shape index (κ2) is 17.4. The van der Waals surface area contributed by atoms with E-state index in [1.54, 1.807) is 0 Å². The molecule has 2 amide bonds. The summed E-state index contributed by atoms with van der Waals surface area (Å²) < 4.78 is 0. The Labute approximate surface area is 286 Å². The summed E-state index contributed by atoms with van der Waals surface area (Å²) in [4.78, 5) is 18.4. The Kier molecular flexibility index (Phi) is 12.1. The Morgan fingerprint density at radius 1 is 0.604 bits per heavy atom. The van der Waals surface area contributed by atoms with E-state index in [2.05, 4.69) is 154 Å². The van der Waals surface area contributed by atoms with Gasteiger partial charge in [-0.25, -0.2) is 4.79 Å². The van der Waals surface area contributed by atoms with Gasteiger partial charge >= 0.3 is 6.03 Å². The van der Waals surface area contributed by atoms with Crippen LogP contribution in [0, 0.1) is 0 Å². The second-order valence-electron chi connectivity index (χ2n) is 12.9. The number of rotatable bonds is 14.